The van der Waals surface area contributed by atoms with E-state index < -0.39 is 5.97 Å². The number of rotatable bonds is 2. The first-order valence-corrected chi connectivity index (χ1v) is 8.52. The molecule has 3 aromatic rings. The molecule has 0 fully saturated rings. The molecule has 1 heterocycles. The van der Waals surface area contributed by atoms with Crippen LogP contribution >= 0.6 is 0 Å². The summed E-state index contributed by atoms with van der Waals surface area (Å²) in [4.78, 5) is 16.7. The van der Waals surface area contributed by atoms with Gasteiger partial charge in [-0.25, -0.2) is 4.98 Å². The second-order valence-corrected chi connectivity index (χ2v) is 4.40. The quantitative estimate of drug-likeness (QED) is 0.454. The van der Waals surface area contributed by atoms with E-state index in [0.29, 0.717) is 0 Å². The molecule has 0 aliphatic carbocycles. The Hall–Kier alpha value is -1.78. The number of nitrogens with zero attached hydrogens (tertiary/aromatic N) is 1. The van der Waals surface area contributed by atoms with Crippen LogP contribution in [0.4, 0.5) is 0 Å². The zero-order valence-electron chi connectivity index (χ0n) is 17.2. The van der Waals surface area contributed by atoms with Gasteiger partial charge in [0.05, 0.1) is 11.9 Å². The van der Waals surface area contributed by atoms with Gasteiger partial charge in [-0.3, -0.25) is 4.79 Å². The zero-order valence-corrected chi connectivity index (χ0v) is 20.1. The Morgan fingerprint density at radius 3 is 1.63 bits per heavy atom. The number of hydrogen-bond acceptors (Lipinski definition) is 2. The number of carbonyl (C=O) groups is 1. The molecule has 5 heteroatoms. The first-order valence-electron chi connectivity index (χ1n) is 8.52. The number of carboxylic acid groups (broad SMARTS) is 1. The number of imidazole rings is 1. The number of nitrogens with one attached hydrogen (secondary N) is 1. The third kappa shape index (κ3) is 12.3. The van der Waals surface area contributed by atoms with Crippen LogP contribution < -0.4 is 0 Å². The molecule has 0 unspecified atom stereocenters. The van der Waals surface area contributed by atoms with Gasteiger partial charge in [0, 0.05) is 45.2 Å². The van der Waals surface area contributed by atoms with Crippen LogP contribution in [0.25, 0.3) is 22.6 Å². The minimum atomic E-state index is -0.833. The molecule has 0 aliphatic rings. The molecule has 3 rings (SSSR count). The zero-order chi connectivity index (χ0) is 19.1. The van der Waals surface area contributed by atoms with E-state index in [2.05, 4.69) is 22.1 Å². The van der Waals surface area contributed by atoms with Gasteiger partial charge in [-0.05, 0) is 5.56 Å². The minimum absolute atomic E-state index is 0. The SMILES string of the molecule is CC.CC.CC(=O)O.[CH3-].[Y].c1ccc(-c2cnc(-c3ccccc3)[nH]2)cc1. The van der Waals surface area contributed by atoms with Crippen LogP contribution in [0.2, 0.25) is 0 Å². The molecule has 0 atom stereocenters. The summed E-state index contributed by atoms with van der Waals surface area (Å²) in [7, 11) is 0. The van der Waals surface area contributed by atoms with Gasteiger partial charge in [0.2, 0.25) is 0 Å². The number of hydrogen-bond donors (Lipinski definition) is 2. The van der Waals surface area contributed by atoms with Gasteiger partial charge in [-0.2, -0.15) is 0 Å². The second-order valence-electron chi connectivity index (χ2n) is 4.40. The Kier molecular flexibility index (Phi) is 21.1. The number of carboxylic acids is 1. The predicted octanol–water partition coefficient (Wildman–Crippen LogP) is 6.33. The Balaban J connectivity index is -0.000000507. The van der Waals surface area contributed by atoms with E-state index in [1.54, 1.807) is 0 Å². The van der Waals surface area contributed by atoms with Crippen LogP contribution in [0.15, 0.2) is 66.9 Å². The van der Waals surface area contributed by atoms with E-state index in [1.807, 2.05) is 82.4 Å². The summed E-state index contributed by atoms with van der Waals surface area (Å²) in [6, 6.07) is 20.3. The van der Waals surface area contributed by atoms with Crippen LogP contribution in [-0.2, 0) is 37.5 Å². The fourth-order valence-corrected chi connectivity index (χ4v) is 1.83. The predicted molar refractivity (Wildman–Crippen MR) is 112 cm³/mol. The van der Waals surface area contributed by atoms with Gasteiger partial charge in [-0.1, -0.05) is 88.4 Å². The third-order valence-electron chi connectivity index (χ3n) is 2.71. The van der Waals surface area contributed by atoms with Crippen molar-refractivity contribution < 1.29 is 42.6 Å². The van der Waals surface area contributed by atoms with Crippen molar-refractivity contribution in [3.05, 3.63) is 74.3 Å². The maximum atomic E-state index is 9.00. The second kappa shape index (κ2) is 19.0. The Bertz CT molecular complexity index is 641. The van der Waals surface area contributed by atoms with Crippen molar-refractivity contribution in [1.29, 1.82) is 0 Å². The van der Waals surface area contributed by atoms with E-state index in [4.69, 9.17) is 9.90 Å². The van der Waals surface area contributed by atoms with Crippen LogP contribution in [-0.4, -0.2) is 21.0 Å². The number of H-pyrrole nitrogens is 1. The Morgan fingerprint density at radius 2 is 1.22 bits per heavy atom. The van der Waals surface area contributed by atoms with Gasteiger partial charge in [0.1, 0.15) is 5.82 Å². The fraction of sp³-hybridized carbons (Fsp3) is 0.227. The molecular weight excluding hydrogens is 413 g/mol. The first-order chi connectivity index (χ1) is 12.2. The number of benzene rings is 2. The van der Waals surface area contributed by atoms with Crippen LogP contribution in [0.1, 0.15) is 34.6 Å². The summed E-state index contributed by atoms with van der Waals surface area (Å²) in [6.45, 7) is 9.08. The van der Waals surface area contributed by atoms with Crippen LogP contribution in [0.3, 0.4) is 0 Å². The number of aliphatic carboxylic acids is 1. The topological polar surface area (TPSA) is 66.0 Å². The van der Waals surface area contributed by atoms with Crippen molar-refractivity contribution in [2.75, 3.05) is 0 Å². The molecule has 2 N–H and O–H groups in total. The minimum Gasteiger partial charge on any atom is -0.481 e. The van der Waals surface area contributed by atoms with Crippen molar-refractivity contribution >= 4 is 5.97 Å². The van der Waals surface area contributed by atoms with E-state index in [0.717, 1.165) is 29.6 Å². The largest absolute Gasteiger partial charge is 0.481 e. The average Bonchev–Trinajstić information content (AvgIpc) is 3.16. The van der Waals surface area contributed by atoms with Crippen molar-refractivity contribution in [3.63, 3.8) is 0 Å². The molecule has 0 saturated heterocycles. The molecule has 4 nitrogen and oxygen atoms in total. The fourth-order valence-electron chi connectivity index (χ4n) is 1.83. The van der Waals surface area contributed by atoms with E-state index in [-0.39, 0.29) is 40.1 Å². The summed E-state index contributed by atoms with van der Waals surface area (Å²) in [5.41, 5.74) is 3.31. The van der Waals surface area contributed by atoms with Crippen molar-refractivity contribution in [3.8, 4) is 22.6 Å². The number of aromatic amines is 1. The maximum Gasteiger partial charge on any atom is 0.300 e. The van der Waals surface area contributed by atoms with Crippen molar-refractivity contribution in [2.45, 2.75) is 34.6 Å². The smallest absolute Gasteiger partial charge is 0.300 e. The molecule has 0 amide bonds. The molecule has 1 radical (unpaired) electrons. The van der Waals surface area contributed by atoms with E-state index >= 15 is 0 Å². The summed E-state index contributed by atoms with van der Waals surface area (Å²) in [5, 5.41) is 7.42. The average molecular weight is 444 g/mol. The molecule has 0 aliphatic heterocycles. The van der Waals surface area contributed by atoms with Gasteiger partial charge in [0.25, 0.3) is 5.97 Å². The molecule has 0 spiro atoms. The monoisotopic (exact) mass is 444 g/mol. The summed E-state index contributed by atoms with van der Waals surface area (Å²) in [5.74, 6) is 0.0736. The first kappa shape index (κ1) is 30.0. The standard InChI is InChI=1S/C15H12N2.C2H4O2.2C2H6.CH3.Y/c1-3-7-12(8-4-1)14-11-16-15(17-14)13-9-5-2-6-10-13;1-2(3)4;2*1-2;;/h1-11H,(H,16,17);1H3,(H,3,4);2*1-2H3;1H3;/q;;;;-1;. The maximum absolute atomic E-state index is 9.00. The van der Waals surface area contributed by atoms with Crippen LogP contribution in [0.5, 0.6) is 0 Å². The molecule has 0 bridgehead atoms. The van der Waals surface area contributed by atoms with E-state index in [1.165, 1.54) is 0 Å². The van der Waals surface area contributed by atoms with Crippen molar-refractivity contribution in [2.24, 2.45) is 0 Å². The summed E-state index contributed by atoms with van der Waals surface area (Å²) >= 11 is 0. The van der Waals surface area contributed by atoms with Gasteiger partial charge >= 0.3 is 0 Å². The molecule has 27 heavy (non-hydrogen) atoms. The Labute approximate surface area is 189 Å². The number of aromatic nitrogens is 2. The molecule has 1 aromatic heterocycles. The molecule has 0 saturated carbocycles. The third-order valence-corrected chi connectivity index (χ3v) is 2.71. The van der Waals surface area contributed by atoms with Gasteiger partial charge in [-0.15, -0.1) is 0 Å². The molecule has 2 aromatic carbocycles. The molecular formula is C22H31N2O2Y-. The normalized spacial score (nSPS) is 7.89. The van der Waals surface area contributed by atoms with Crippen LogP contribution in [0, 0.1) is 7.43 Å². The van der Waals surface area contributed by atoms with Crippen molar-refractivity contribution in [1.82, 2.24) is 9.97 Å². The Morgan fingerprint density at radius 1 is 0.852 bits per heavy atom. The van der Waals surface area contributed by atoms with Gasteiger partial charge in [0.15, 0.2) is 0 Å². The van der Waals surface area contributed by atoms with Gasteiger partial charge < -0.3 is 17.5 Å². The summed E-state index contributed by atoms with van der Waals surface area (Å²) in [6.07, 6.45) is 1.87. The van der Waals surface area contributed by atoms with E-state index in [9.17, 15) is 0 Å². The molecule has 145 valence electrons. The summed E-state index contributed by atoms with van der Waals surface area (Å²) < 4.78 is 0.